The lowest BCUT2D eigenvalue weighted by molar-refractivity contribution is -0.683. The number of carbonyl (C=O) groups excluding carboxylic acids is 1. The van der Waals surface area contributed by atoms with E-state index in [0.29, 0.717) is 12.1 Å². The van der Waals surface area contributed by atoms with Gasteiger partial charge in [-0.25, -0.2) is 0 Å². The van der Waals surface area contributed by atoms with Crippen molar-refractivity contribution < 1.29 is 31.1 Å². The molecule has 0 fully saturated rings. The van der Waals surface area contributed by atoms with E-state index in [2.05, 4.69) is 62.3 Å². The monoisotopic (exact) mass is 656 g/mol. The van der Waals surface area contributed by atoms with E-state index in [1.165, 1.54) is 75.5 Å². The number of anilines is 1. The van der Waals surface area contributed by atoms with E-state index in [1.807, 2.05) is 36.4 Å². The maximum atomic E-state index is 13.3. The maximum absolute atomic E-state index is 13.3. The molecule has 1 amide bonds. The quantitative estimate of drug-likeness (QED) is 0.118. The Morgan fingerprint density at radius 3 is 2.10 bits per heavy atom. The Morgan fingerprint density at radius 2 is 1.50 bits per heavy atom. The largest absolute Gasteiger partial charge is 1.00 e. The molecular formula is C36H53BrN2O2S. The van der Waals surface area contributed by atoms with Crippen LogP contribution in [-0.4, -0.2) is 12.5 Å². The predicted molar refractivity (Wildman–Crippen MR) is 174 cm³/mol. The zero-order valence-corrected chi connectivity index (χ0v) is 29.0. The minimum Gasteiger partial charge on any atom is -1.00 e. The molecule has 0 aliphatic carbocycles. The normalized spacial score (nSPS) is 11.3. The van der Waals surface area contributed by atoms with Crippen LogP contribution in [0.15, 0.2) is 54.2 Å². The predicted octanol–water partition coefficient (Wildman–Crippen LogP) is 7.03. The lowest BCUT2D eigenvalue weighted by atomic mass is 9.86. The summed E-state index contributed by atoms with van der Waals surface area (Å²) in [5, 5.41) is 3.15. The van der Waals surface area contributed by atoms with Crippen LogP contribution in [0.3, 0.4) is 0 Å². The number of benzene rings is 2. The summed E-state index contributed by atoms with van der Waals surface area (Å²) in [6.45, 7) is 12.4. The van der Waals surface area contributed by atoms with Crippen LogP contribution in [0.25, 0.3) is 0 Å². The molecule has 0 atom stereocenters. The zero-order valence-electron chi connectivity index (χ0n) is 26.6. The number of hydrogen-bond donors (Lipinski definition) is 1. The van der Waals surface area contributed by atoms with E-state index < -0.39 is 0 Å². The second-order valence-corrected chi connectivity index (χ2v) is 13.5. The number of halogens is 1. The molecule has 0 unspecified atom stereocenters. The van der Waals surface area contributed by atoms with Gasteiger partial charge in [0.2, 0.25) is 5.51 Å². The molecule has 0 aliphatic rings. The highest BCUT2D eigenvalue weighted by molar-refractivity contribution is 7.09. The SMILES string of the molecule is CCCCCCCCCCCCCCOc1ccc(NC(=O)c2ccccc2C[n+]2csc(C)c2)cc1C(C)(C)C.[Br-]. The first kappa shape index (κ1) is 36.0. The summed E-state index contributed by atoms with van der Waals surface area (Å²) in [5.74, 6) is 0.835. The number of aryl methyl sites for hydroxylation is 1. The third-order valence-electron chi connectivity index (χ3n) is 7.64. The van der Waals surface area contributed by atoms with Crippen molar-refractivity contribution in [2.24, 2.45) is 0 Å². The smallest absolute Gasteiger partial charge is 0.256 e. The van der Waals surface area contributed by atoms with Gasteiger partial charge >= 0.3 is 0 Å². The molecule has 1 heterocycles. The van der Waals surface area contributed by atoms with Gasteiger partial charge in [-0.1, -0.05) is 128 Å². The molecule has 4 nitrogen and oxygen atoms in total. The minimum absolute atomic E-state index is 0. The van der Waals surface area contributed by atoms with Crippen LogP contribution < -0.4 is 31.6 Å². The molecule has 0 spiro atoms. The van der Waals surface area contributed by atoms with Crippen molar-refractivity contribution in [2.45, 2.75) is 124 Å². The van der Waals surface area contributed by atoms with Crippen LogP contribution in [0.2, 0.25) is 0 Å². The number of unbranched alkanes of at least 4 members (excludes halogenated alkanes) is 11. The number of carbonyl (C=O) groups is 1. The van der Waals surface area contributed by atoms with E-state index in [4.69, 9.17) is 4.74 Å². The third-order valence-corrected chi connectivity index (χ3v) is 8.49. The molecule has 42 heavy (non-hydrogen) atoms. The Morgan fingerprint density at radius 1 is 0.881 bits per heavy atom. The van der Waals surface area contributed by atoms with Crippen molar-refractivity contribution in [1.82, 2.24) is 0 Å². The van der Waals surface area contributed by atoms with E-state index in [9.17, 15) is 4.79 Å². The minimum atomic E-state index is -0.0992. The molecular weight excluding hydrogens is 604 g/mol. The molecule has 0 radical (unpaired) electrons. The summed E-state index contributed by atoms with van der Waals surface area (Å²) in [5.41, 5.74) is 5.62. The van der Waals surface area contributed by atoms with Gasteiger partial charge in [0.05, 0.1) is 11.5 Å². The molecule has 0 saturated carbocycles. The van der Waals surface area contributed by atoms with E-state index in [-0.39, 0.29) is 28.3 Å². The zero-order chi connectivity index (χ0) is 29.5. The summed E-state index contributed by atoms with van der Waals surface area (Å²) >= 11 is 1.71. The number of hydrogen-bond acceptors (Lipinski definition) is 3. The van der Waals surface area contributed by atoms with Gasteiger partial charge in [0, 0.05) is 22.4 Å². The summed E-state index contributed by atoms with van der Waals surface area (Å²) in [6.07, 6.45) is 18.2. The molecule has 232 valence electrons. The van der Waals surface area contributed by atoms with Crippen LogP contribution in [0, 0.1) is 6.92 Å². The fourth-order valence-electron chi connectivity index (χ4n) is 5.25. The van der Waals surface area contributed by atoms with Gasteiger partial charge in [0.15, 0.2) is 12.7 Å². The number of nitrogens with one attached hydrogen (secondary N) is 1. The van der Waals surface area contributed by atoms with Crippen LogP contribution in [-0.2, 0) is 12.0 Å². The number of thiazole rings is 1. The summed E-state index contributed by atoms with van der Waals surface area (Å²) in [6, 6.07) is 13.9. The second-order valence-electron chi connectivity index (χ2n) is 12.4. The number of nitrogens with zero attached hydrogens (tertiary/aromatic N) is 1. The van der Waals surface area contributed by atoms with Gasteiger partial charge in [-0.2, -0.15) is 4.57 Å². The Bertz CT molecular complexity index is 1200. The van der Waals surface area contributed by atoms with Crippen molar-refractivity contribution in [2.75, 3.05) is 11.9 Å². The van der Waals surface area contributed by atoms with E-state index >= 15 is 0 Å². The highest BCUT2D eigenvalue weighted by Crippen LogP contribution is 2.34. The molecule has 1 N–H and O–H groups in total. The molecule has 2 aromatic carbocycles. The van der Waals surface area contributed by atoms with E-state index in [1.54, 1.807) is 11.3 Å². The number of ether oxygens (including phenoxy) is 1. The van der Waals surface area contributed by atoms with Gasteiger partial charge in [-0.15, -0.1) is 0 Å². The maximum Gasteiger partial charge on any atom is 0.256 e. The Balaban J connectivity index is 0.00000616. The number of rotatable bonds is 18. The van der Waals surface area contributed by atoms with E-state index in [0.717, 1.165) is 35.6 Å². The average Bonchev–Trinajstić information content (AvgIpc) is 3.35. The van der Waals surface area contributed by atoms with Crippen LogP contribution in [0.1, 0.15) is 131 Å². The van der Waals surface area contributed by atoms with Crippen LogP contribution in [0.5, 0.6) is 5.75 Å². The molecule has 0 bridgehead atoms. The molecule has 3 aromatic rings. The molecule has 3 rings (SSSR count). The van der Waals surface area contributed by atoms with Crippen molar-refractivity contribution in [1.29, 1.82) is 0 Å². The number of aromatic nitrogens is 1. The van der Waals surface area contributed by atoms with Gasteiger partial charge in [0.25, 0.3) is 5.91 Å². The van der Waals surface area contributed by atoms with Gasteiger partial charge in [0.1, 0.15) is 5.75 Å². The van der Waals surface area contributed by atoms with Crippen LogP contribution in [0.4, 0.5) is 5.69 Å². The fraction of sp³-hybridized carbons (Fsp3) is 0.556. The fourth-order valence-corrected chi connectivity index (χ4v) is 5.88. The summed E-state index contributed by atoms with van der Waals surface area (Å²) in [4.78, 5) is 14.6. The summed E-state index contributed by atoms with van der Waals surface area (Å²) in [7, 11) is 0. The van der Waals surface area contributed by atoms with Gasteiger partial charge in [-0.3, -0.25) is 4.79 Å². The Kier molecular flexibility index (Phi) is 16.4. The lowest BCUT2D eigenvalue weighted by Gasteiger charge is -2.24. The lowest BCUT2D eigenvalue weighted by Crippen LogP contribution is -3.00. The van der Waals surface area contributed by atoms with Crippen molar-refractivity contribution >= 4 is 22.9 Å². The Labute approximate surface area is 270 Å². The van der Waals surface area contributed by atoms with Crippen molar-refractivity contribution in [3.63, 3.8) is 0 Å². The first-order valence-corrected chi connectivity index (χ1v) is 16.8. The first-order chi connectivity index (χ1) is 19.8. The molecule has 0 saturated heterocycles. The molecule has 6 heteroatoms. The average molecular weight is 658 g/mol. The molecule has 1 aromatic heterocycles. The highest BCUT2D eigenvalue weighted by atomic mass is 79.9. The van der Waals surface area contributed by atoms with Crippen molar-refractivity contribution in [3.05, 3.63) is 75.7 Å². The van der Waals surface area contributed by atoms with Crippen LogP contribution >= 0.6 is 11.3 Å². The highest BCUT2D eigenvalue weighted by Gasteiger charge is 2.21. The standard InChI is InChI=1S/C36H52N2O2S.BrH/c1-6-7-8-9-10-11-12-13-14-15-16-19-24-40-34-23-22-31(25-33(34)36(3,4)5)37-35(39)32-21-18-17-20-30(32)27-38-26-29(2)41-28-38;/h17-18,20-23,25-26,28H,6-16,19,24,27H2,1-5H3;1H. The number of amides is 1. The summed E-state index contributed by atoms with van der Waals surface area (Å²) < 4.78 is 8.40. The molecule has 0 aliphatic heterocycles. The second kappa shape index (κ2) is 19.2. The van der Waals surface area contributed by atoms with Gasteiger partial charge in [-0.05, 0) is 43.0 Å². The first-order valence-electron chi connectivity index (χ1n) is 15.9. The van der Waals surface area contributed by atoms with Gasteiger partial charge < -0.3 is 27.0 Å². The van der Waals surface area contributed by atoms with Crippen molar-refractivity contribution in [3.8, 4) is 5.75 Å². The Hall–Kier alpha value is -2.18. The topological polar surface area (TPSA) is 42.2 Å². The third kappa shape index (κ3) is 12.6.